The van der Waals surface area contributed by atoms with Gasteiger partial charge in [-0.25, -0.2) is 4.98 Å². The number of carbonyl (C=O) groups excluding carboxylic acids is 1. The first kappa shape index (κ1) is 26.0. The lowest BCUT2D eigenvalue weighted by Gasteiger charge is -2.23. The van der Waals surface area contributed by atoms with Crippen LogP contribution in [0.15, 0.2) is 24.3 Å². The third kappa shape index (κ3) is 7.22. The van der Waals surface area contributed by atoms with Crippen molar-refractivity contribution in [2.75, 3.05) is 17.7 Å². The number of nitrogens with zero attached hydrogens (tertiary/aromatic N) is 4. The smallest absolute Gasteiger partial charge is 0.306 e. The quantitative estimate of drug-likeness (QED) is 0.142. The van der Waals surface area contributed by atoms with Gasteiger partial charge in [0.2, 0.25) is 5.28 Å². The number of fused-ring (bicyclic) bond motifs is 1. The maximum atomic E-state index is 12.3. The van der Waals surface area contributed by atoms with Crippen molar-refractivity contribution < 1.29 is 14.3 Å². The summed E-state index contributed by atoms with van der Waals surface area (Å²) in [6.45, 7) is 0.729. The SMILES string of the molecule is Cn1c(COC(=O)CCCCCCOc2ccc(N)cc2)nc2nc(Cl)nc(NC3CCCCC3)c21. The molecule has 2 heterocycles. The summed E-state index contributed by atoms with van der Waals surface area (Å²) < 4.78 is 13.1. The van der Waals surface area contributed by atoms with Gasteiger partial charge >= 0.3 is 5.97 Å². The molecule has 0 bridgehead atoms. The monoisotopic (exact) mass is 514 g/mol. The summed E-state index contributed by atoms with van der Waals surface area (Å²) >= 11 is 6.16. The fourth-order valence-corrected chi connectivity index (χ4v) is 4.66. The maximum absolute atomic E-state index is 12.3. The van der Waals surface area contributed by atoms with E-state index in [1.54, 1.807) is 0 Å². The van der Waals surface area contributed by atoms with Crippen molar-refractivity contribution in [2.45, 2.75) is 76.9 Å². The number of benzene rings is 1. The Hall–Kier alpha value is -3.07. The molecule has 0 aliphatic heterocycles. The molecule has 0 saturated heterocycles. The van der Waals surface area contributed by atoms with Gasteiger partial charge in [-0.15, -0.1) is 0 Å². The first-order valence-electron chi connectivity index (χ1n) is 12.8. The van der Waals surface area contributed by atoms with Crippen LogP contribution >= 0.6 is 11.6 Å². The number of carbonyl (C=O) groups is 1. The minimum absolute atomic E-state index is 0.0849. The number of unbranched alkanes of at least 4 members (excludes halogenated alkanes) is 3. The van der Waals surface area contributed by atoms with Gasteiger partial charge in [-0.2, -0.15) is 9.97 Å². The number of rotatable bonds is 12. The number of aromatic nitrogens is 4. The van der Waals surface area contributed by atoms with Crippen molar-refractivity contribution in [3.63, 3.8) is 0 Å². The lowest BCUT2D eigenvalue weighted by atomic mass is 9.95. The topological polar surface area (TPSA) is 117 Å². The number of nitrogen functional groups attached to an aromatic ring is 1. The van der Waals surface area contributed by atoms with Crippen LogP contribution in [-0.2, 0) is 23.2 Å². The molecule has 2 aromatic heterocycles. The van der Waals surface area contributed by atoms with E-state index in [9.17, 15) is 4.79 Å². The highest BCUT2D eigenvalue weighted by Gasteiger charge is 2.20. The molecule has 1 saturated carbocycles. The molecule has 0 amide bonds. The lowest BCUT2D eigenvalue weighted by Crippen LogP contribution is -2.23. The van der Waals surface area contributed by atoms with E-state index in [1.807, 2.05) is 35.9 Å². The zero-order valence-electron chi connectivity index (χ0n) is 20.8. The standard InChI is InChI=1S/C26H35ClN6O3/c1-33-21(30-25-23(33)24(31-26(27)32-25)29-19-9-5-4-6-10-19)17-36-22(34)11-7-2-3-8-16-35-20-14-12-18(28)13-15-20/h12-15,19H,2-11,16-17,28H2,1H3,(H,29,31,32). The van der Waals surface area contributed by atoms with Crippen molar-refractivity contribution in [1.29, 1.82) is 0 Å². The molecule has 10 heteroatoms. The average Bonchev–Trinajstić information content (AvgIpc) is 3.19. The van der Waals surface area contributed by atoms with Crippen LogP contribution in [0.2, 0.25) is 5.28 Å². The summed E-state index contributed by atoms with van der Waals surface area (Å²) in [5, 5.41) is 3.68. The van der Waals surface area contributed by atoms with Crippen LogP contribution in [0.25, 0.3) is 11.2 Å². The zero-order chi connectivity index (χ0) is 25.3. The van der Waals surface area contributed by atoms with Crippen molar-refractivity contribution in [2.24, 2.45) is 7.05 Å². The summed E-state index contributed by atoms with van der Waals surface area (Å²) in [5.41, 5.74) is 7.67. The molecule has 1 aliphatic carbocycles. The van der Waals surface area contributed by atoms with Crippen LogP contribution in [0.5, 0.6) is 5.75 Å². The number of ether oxygens (including phenoxy) is 2. The van der Waals surface area contributed by atoms with Gasteiger partial charge in [0, 0.05) is 25.2 Å². The van der Waals surface area contributed by atoms with Crippen LogP contribution < -0.4 is 15.8 Å². The molecule has 1 fully saturated rings. The first-order valence-corrected chi connectivity index (χ1v) is 13.2. The molecule has 1 aromatic carbocycles. The summed E-state index contributed by atoms with van der Waals surface area (Å²) in [4.78, 5) is 25.5. The lowest BCUT2D eigenvalue weighted by molar-refractivity contribution is -0.145. The van der Waals surface area contributed by atoms with Gasteiger partial charge < -0.3 is 25.1 Å². The number of anilines is 2. The maximum Gasteiger partial charge on any atom is 0.306 e. The Kier molecular flexibility index (Phi) is 9.22. The summed E-state index contributed by atoms with van der Waals surface area (Å²) in [7, 11) is 1.88. The third-order valence-electron chi connectivity index (χ3n) is 6.53. The van der Waals surface area contributed by atoms with Gasteiger partial charge in [0.15, 0.2) is 11.5 Å². The zero-order valence-corrected chi connectivity index (χ0v) is 21.6. The van der Waals surface area contributed by atoms with Crippen LogP contribution in [0, 0.1) is 0 Å². The van der Waals surface area contributed by atoms with Crippen molar-refractivity contribution >= 4 is 40.2 Å². The largest absolute Gasteiger partial charge is 0.494 e. The van der Waals surface area contributed by atoms with Crippen molar-refractivity contribution in [3.05, 3.63) is 35.4 Å². The Bertz CT molecular complexity index is 1140. The van der Waals surface area contributed by atoms with Crippen molar-refractivity contribution in [3.8, 4) is 5.75 Å². The number of halogens is 1. The van der Waals surface area contributed by atoms with Gasteiger partial charge in [0.25, 0.3) is 0 Å². The summed E-state index contributed by atoms with van der Waals surface area (Å²) in [6.07, 6.45) is 9.94. The highest BCUT2D eigenvalue weighted by molar-refractivity contribution is 6.28. The number of imidazole rings is 1. The fourth-order valence-electron chi connectivity index (χ4n) is 4.50. The molecule has 36 heavy (non-hydrogen) atoms. The Labute approximate surface area is 216 Å². The fraction of sp³-hybridized carbons (Fsp3) is 0.538. The van der Waals surface area contributed by atoms with E-state index in [0.717, 1.165) is 55.5 Å². The van der Waals surface area contributed by atoms with Gasteiger partial charge in [-0.05, 0) is 61.5 Å². The Morgan fingerprint density at radius 3 is 2.61 bits per heavy atom. The molecule has 0 radical (unpaired) electrons. The van der Waals surface area contributed by atoms with E-state index in [2.05, 4.69) is 20.3 Å². The molecule has 3 N–H and O–H groups in total. The van der Waals surface area contributed by atoms with E-state index in [1.165, 1.54) is 19.3 Å². The van der Waals surface area contributed by atoms with Gasteiger partial charge in [-0.1, -0.05) is 32.1 Å². The normalized spacial score (nSPS) is 14.2. The van der Waals surface area contributed by atoms with Gasteiger partial charge in [0.1, 0.15) is 23.7 Å². The highest BCUT2D eigenvalue weighted by atomic mass is 35.5. The van der Waals surface area contributed by atoms with Crippen LogP contribution in [0.3, 0.4) is 0 Å². The number of hydrogen-bond donors (Lipinski definition) is 2. The molecular formula is C26H35ClN6O3. The third-order valence-corrected chi connectivity index (χ3v) is 6.70. The minimum Gasteiger partial charge on any atom is -0.494 e. The molecule has 0 atom stereocenters. The number of aryl methyl sites for hydroxylation is 1. The van der Waals surface area contributed by atoms with E-state index >= 15 is 0 Å². The Balaban J connectivity index is 1.20. The molecule has 9 nitrogen and oxygen atoms in total. The van der Waals surface area contributed by atoms with Crippen molar-refractivity contribution in [1.82, 2.24) is 19.5 Å². The van der Waals surface area contributed by atoms with Crippen LogP contribution in [0.4, 0.5) is 11.5 Å². The van der Waals surface area contributed by atoms with E-state index in [-0.39, 0.29) is 17.9 Å². The molecule has 4 rings (SSSR count). The summed E-state index contributed by atoms with van der Waals surface area (Å²) in [5.74, 6) is 1.89. The second-order valence-electron chi connectivity index (χ2n) is 9.32. The second kappa shape index (κ2) is 12.8. The first-order chi connectivity index (χ1) is 17.5. The summed E-state index contributed by atoms with van der Waals surface area (Å²) in [6, 6.07) is 7.75. The van der Waals surface area contributed by atoms with E-state index in [4.69, 9.17) is 26.8 Å². The van der Waals surface area contributed by atoms with E-state index in [0.29, 0.717) is 36.4 Å². The number of hydrogen-bond acceptors (Lipinski definition) is 8. The average molecular weight is 515 g/mol. The minimum atomic E-state index is -0.232. The Morgan fingerprint density at radius 2 is 1.83 bits per heavy atom. The highest BCUT2D eigenvalue weighted by Crippen LogP contribution is 2.27. The van der Waals surface area contributed by atoms with Crippen LogP contribution in [-0.4, -0.2) is 38.1 Å². The molecule has 1 aliphatic rings. The predicted octanol–water partition coefficient (Wildman–Crippen LogP) is 5.42. The second-order valence-corrected chi connectivity index (χ2v) is 9.66. The number of esters is 1. The molecular weight excluding hydrogens is 480 g/mol. The van der Waals surface area contributed by atoms with Gasteiger partial charge in [0.05, 0.1) is 6.61 Å². The molecule has 194 valence electrons. The van der Waals surface area contributed by atoms with Crippen LogP contribution in [0.1, 0.15) is 70.0 Å². The Morgan fingerprint density at radius 1 is 1.08 bits per heavy atom. The van der Waals surface area contributed by atoms with Gasteiger partial charge in [-0.3, -0.25) is 4.79 Å². The number of nitrogens with two attached hydrogens (primary N) is 1. The molecule has 3 aromatic rings. The molecule has 0 spiro atoms. The predicted molar refractivity (Wildman–Crippen MR) is 141 cm³/mol. The van der Waals surface area contributed by atoms with E-state index < -0.39 is 0 Å². The number of nitrogens with one attached hydrogen (secondary N) is 1. The molecule has 0 unspecified atom stereocenters.